The van der Waals surface area contributed by atoms with Gasteiger partial charge in [-0.25, -0.2) is 24.3 Å². The summed E-state index contributed by atoms with van der Waals surface area (Å²) in [5.41, 5.74) is 0.835. The van der Waals surface area contributed by atoms with Gasteiger partial charge >= 0.3 is 23.0 Å². The molecule has 0 aromatic heterocycles. The minimum absolute atomic E-state index is 0. The number of amides is 2. The topological polar surface area (TPSA) is 63.7 Å². The van der Waals surface area contributed by atoms with Crippen LogP contribution < -0.4 is 0 Å². The molecule has 6 heteroatoms. The number of rotatable bonds is 4. The van der Waals surface area contributed by atoms with Gasteiger partial charge in [-0.1, -0.05) is 6.92 Å². The molecule has 1 fully saturated rings. The number of nitrogens with zero attached hydrogens (tertiary/aromatic N) is 1. The zero-order chi connectivity index (χ0) is 16.7. The van der Waals surface area contributed by atoms with E-state index in [4.69, 9.17) is 4.84 Å². The molecule has 2 aromatic rings. The summed E-state index contributed by atoms with van der Waals surface area (Å²) in [6.07, 6.45) is 0.775. The normalized spacial score (nSPS) is 14.5. The van der Waals surface area contributed by atoms with Gasteiger partial charge < -0.3 is 4.84 Å². The van der Waals surface area contributed by atoms with E-state index >= 15 is 0 Å². The summed E-state index contributed by atoms with van der Waals surface area (Å²) in [5.74, 6) is -1.91. The molecule has 0 bridgehead atoms. The summed E-state index contributed by atoms with van der Waals surface area (Å²) in [6.45, 7) is 1.85. The first-order valence-electron chi connectivity index (χ1n) is 7.59. The second-order valence-corrected chi connectivity index (χ2v) is 5.13. The smallest absolute Gasteiger partial charge is 0.331 e. The van der Waals surface area contributed by atoms with E-state index < -0.39 is 23.7 Å². The Kier molecular flexibility index (Phi) is 8.16. The third-order valence-electron chi connectivity index (χ3n) is 3.53. The predicted octanol–water partition coefficient (Wildman–Crippen LogP) is 2.91. The predicted molar refractivity (Wildman–Crippen MR) is 84.3 cm³/mol. The fraction of sp³-hybridized carbons (Fsp3) is 0.278. The summed E-state index contributed by atoms with van der Waals surface area (Å²) in [5, 5.41) is 0.591. The molecule has 2 amide bonds. The first-order chi connectivity index (χ1) is 11.1. The largest absolute Gasteiger partial charge is 2.00 e. The Morgan fingerprint density at radius 3 is 2.12 bits per heavy atom. The zero-order valence-corrected chi connectivity index (χ0v) is 14.4. The number of carbonyl (C=O) groups excluding carboxylic acids is 3. The van der Waals surface area contributed by atoms with E-state index in [0.717, 1.165) is 5.56 Å². The SMILES string of the molecule is CCC(C(=O)ON1C(=O)CCC1=O)[c-]1cccc1.[Fe+2].c1cc[cH-]c1. The first-order valence-corrected chi connectivity index (χ1v) is 7.59. The Labute approximate surface area is 151 Å². The average molecular weight is 369 g/mol. The third-order valence-corrected chi connectivity index (χ3v) is 3.53. The van der Waals surface area contributed by atoms with Crippen molar-refractivity contribution in [2.24, 2.45) is 0 Å². The minimum Gasteiger partial charge on any atom is -0.331 e. The van der Waals surface area contributed by atoms with Crippen LogP contribution in [0, 0.1) is 0 Å². The third kappa shape index (κ3) is 5.18. The van der Waals surface area contributed by atoms with E-state index in [1.807, 2.05) is 61.5 Å². The van der Waals surface area contributed by atoms with Crippen molar-refractivity contribution >= 4 is 17.8 Å². The van der Waals surface area contributed by atoms with Gasteiger partial charge in [-0.05, 0) is 6.42 Å². The van der Waals surface area contributed by atoms with Crippen LogP contribution in [-0.4, -0.2) is 22.8 Å². The maximum absolute atomic E-state index is 12.0. The Balaban J connectivity index is 0.000000412. The molecule has 1 unspecified atom stereocenters. The number of carbonyl (C=O) groups is 3. The molecule has 0 N–H and O–H groups in total. The van der Waals surface area contributed by atoms with Gasteiger partial charge in [0.05, 0.1) is 0 Å². The molecular weight excluding hydrogens is 350 g/mol. The molecular formula is C18H19FeNO4. The first kappa shape index (κ1) is 19.9. The summed E-state index contributed by atoms with van der Waals surface area (Å²) >= 11 is 0. The molecule has 1 atom stereocenters. The maximum atomic E-state index is 12.0. The van der Waals surface area contributed by atoms with Crippen molar-refractivity contribution in [3.05, 3.63) is 60.2 Å². The molecule has 1 saturated heterocycles. The van der Waals surface area contributed by atoms with Crippen molar-refractivity contribution in [2.75, 3.05) is 0 Å². The fourth-order valence-electron chi connectivity index (χ4n) is 2.29. The second kappa shape index (κ2) is 9.85. The van der Waals surface area contributed by atoms with E-state index in [2.05, 4.69) is 0 Å². The van der Waals surface area contributed by atoms with Crippen molar-refractivity contribution < 1.29 is 36.3 Å². The van der Waals surface area contributed by atoms with Crippen LogP contribution in [0.25, 0.3) is 0 Å². The van der Waals surface area contributed by atoms with E-state index in [0.29, 0.717) is 11.5 Å². The summed E-state index contributed by atoms with van der Waals surface area (Å²) in [6, 6.07) is 17.3. The summed E-state index contributed by atoms with van der Waals surface area (Å²) in [7, 11) is 0. The number of hydrogen-bond acceptors (Lipinski definition) is 4. The molecule has 0 saturated carbocycles. The van der Waals surface area contributed by atoms with Crippen molar-refractivity contribution in [1.82, 2.24) is 5.06 Å². The van der Waals surface area contributed by atoms with E-state index in [1.54, 1.807) is 0 Å². The molecule has 1 aliphatic rings. The molecule has 0 radical (unpaired) electrons. The molecule has 0 aliphatic carbocycles. The van der Waals surface area contributed by atoms with Gasteiger partial charge in [0.25, 0.3) is 11.8 Å². The monoisotopic (exact) mass is 369 g/mol. The van der Waals surface area contributed by atoms with Gasteiger partial charge in [-0.3, -0.25) is 14.4 Å². The van der Waals surface area contributed by atoms with Crippen LogP contribution in [-0.2, 0) is 36.3 Å². The van der Waals surface area contributed by atoms with Gasteiger partial charge in [0, 0.05) is 18.8 Å². The van der Waals surface area contributed by atoms with Gasteiger partial charge in [0.2, 0.25) is 0 Å². The van der Waals surface area contributed by atoms with Crippen LogP contribution >= 0.6 is 0 Å². The minimum atomic E-state index is -0.563. The van der Waals surface area contributed by atoms with Crippen molar-refractivity contribution in [2.45, 2.75) is 32.1 Å². The van der Waals surface area contributed by atoms with Crippen LogP contribution in [0.3, 0.4) is 0 Å². The van der Waals surface area contributed by atoms with Crippen LogP contribution in [0.15, 0.2) is 54.6 Å². The van der Waals surface area contributed by atoms with Crippen LogP contribution in [0.4, 0.5) is 0 Å². The second-order valence-electron chi connectivity index (χ2n) is 5.13. The number of hydroxylamine groups is 2. The molecule has 3 rings (SSSR count). The Morgan fingerprint density at radius 2 is 1.71 bits per heavy atom. The van der Waals surface area contributed by atoms with Crippen molar-refractivity contribution in [1.29, 1.82) is 0 Å². The van der Waals surface area contributed by atoms with Gasteiger partial charge in [0.15, 0.2) is 0 Å². The fourth-order valence-corrected chi connectivity index (χ4v) is 2.29. The van der Waals surface area contributed by atoms with E-state index in [1.165, 1.54) is 0 Å². The molecule has 1 heterocycles. The number of hydrogen-bond donors (Lipinski definition) is 0. The quantitative estimate of drug-likeness (QED) is 0.472. The van der Waals surface area contributed by atoms with Crippen LogP contribution in [0.5, 0.6) is 0 Å². The Hall–Kier alpha value is -2.17. The molecule has 1 aliphatic heterocycles. The summed E-state index contributed by atoms with van der Waals surface area (Å²) in [4.78, 5) is 39.6. The van der Waals surface area contributed by atoms with E-state index in [9.17, 15) is 14.4 Å². The molecule has 0 spiro atoms. The molecule has 128 valence electrons. The zero-order valence-electron chi connectivity index (χ0n) is 13.3. The van der Waals surface area contributed by atoms with Crippen molar-refractivity contribution in [3.63, 3.8) is 0 Å². The van der Waals surface area contributed by atoms with E-state index in [-0.39, 0.29) is 29.9 Å². The standard InChI is InChI=1S/C13H14NO4.C5H5.Fe/c1-2-10(9-5-3-4-6-9)13(17)18-14-11(15)7-8-12(14)16;1-2-4-5-3-1;/h3-6,10H,2,7-8H2,1H3;1-5H;/q2*-1;+2. The number of imide groups is 1. The Bertz CT molecular complexity index is 601. The van der Waals surface area contributed by atoms with Crippen molar-refractivity contribution in [3.8, 4) is 0 Å². The Morgan fingerprint density at radius 1 is 1.17 bits per heavy atom. The van der Waals surface area contributed by atoms with Gasteiger partial charge in [-0.15, -0.1) is 10.6 Å². The maximum Gasteiger partial charge on any atom is 2.00 e. The van der Waals surface area contributed by atoms with Crippen LogP contribution in [0.1, 0.15) is 37.7 Å². The molecule has 24 heavy (non-hydrogen) atoms. The van der Waals surface area contributed by atoms with Crippen LogP contribution in [0.2, 0.25) is 0 Å². The summed E-state index contributed by atoms with van der Waals surface area (Å²) < 4.78 is 0. The molecule has 2 aromatic carbocycles. The average Bonchev–Trinajstić information content (AvgIpc) is 3.28. The molecule has 5 nitrogen and oxygen atoms in total. The van der Waals surface area contributed by atoms with Gasteiger partial charge in [-0.2, -0.15) is 30.3 Å². The van der Waals surface area contributed by atoms with Gasteiger partial charge in [0.1, 0.15) is 0 Å².